The van der Waals surface area contributed by atoms with E-state index in [1.54, 1.807) is 6.07 Å². The first-order chi connectivity index (χ1) is 8.62. The van der Waals surface area contributed by atoms with Crippen LogP contribution in [0, 0.1) is 5.92 Å². The van der Waals surface area contributed by atoms with Gasteiger partial charge in [-0.2, -0.15) is 0 Å². The number of hydrogen-bond donors (Lipinski definition) is 2. The molecule has 0 saturated heterocycles. The van der Waals surface area contributed by atoms with Crippen LogP contribution in [-0.4, -0.2) is 21.5 Å². The molecule has 1 fully saturated rings. The van der Waals surface area contributed by atoms with Crippen molar-refractivity contribution in [1.29, 1.82) is 0 Å². The van der Waals surface area contributed by atoms with Gasteiger partial charge < -0.3 is 5.32 Å². The van der Waals surface area contributed by atoms with E-state index >= 15 is 0 Å². The molecule has 18 heavy (non-hydrogen) atoms. The number of thiophene rings is 1. The summed E-state index contributed by atoms with van der Waals surface area (Å²) < 4.78 is 27.1. The van der Waals surface area contributed by atoms with Gasteiger partial charge in [0.05, 0.1) is 0 Å². The second-order valence-corrected chi connectivity index (χ2v) is 7.79. The van der Waals surface area contributed by atoms with Crippen molar-refractivity contribution in [2.45, 2.75) is 36.9 Å². The monoisotopic (exact) mass is 288 g/mol. The van der Waals surface area contributed by atoms with Crippen molar-refractivity contribution in [3.05, 3.63) is 17.0 Å². The van der Waals surface area contributed by atoms with Gasteiger partial charge in [-0.25, -0.2) is 13.1 Å². The lowest BCUT2D eigenvalue weighted by molar-refractivity contribution is 0.577. The highest BCUT2D eigenvalue weighted by molar-refractivity contribution is 7.91. The second-order valence-electron chi connectivity index (χ2n) is 4.63. The maximum atomic E-state index is 12.0. The molecule has 0 amide bonds. The lowest BCUT2D eigenvalue weighted by Gasteiger charge is -2.03. The van der Waals surface area contributed by atoms with E-state index in [0.717, 1.165) is 30.3 Å². The Bertz CT molecular complexity index is 478. The molecule has 0 aliphatic heterocycles. The standard InChI is InChI=1S/C12H20N2O2S2/c1-2-13-9-11-5-6-12(17-11)18(15,16)14-8-7-10-3-4-10/h5-6,10,13-14H,2-4,7-9H2,1H3. The predicted molar refractivity (Wildman–Crippen MR) is 74.2 cm³/mol. The van der Waals surface area contributed by atoms with Gasteiger partial charge >= 0.3 is 0 Å². The van der Waals surface area contributed by atoms with Gasteiger partial charge in [0.15, 0.2) is 0 Å². The fourth-order valence-corrected chi connectivity index (χ4v) is 4.14. The van der Waals surface area contributed by atoms with E-state index < -0.39 is 10.0 Å². The molecule has 6 heteroatoms. The third-order valence-electron chi connectivity index (χ3n) is 2.99. The zero-order valence-corrected chi connectivity index (χ0v) is 12.2. The Balaban J connectivity index is 1.88. The van der Waals surface area contributed by atoms with E-state index in [1.807, 2.05) is 13.0 Å². The Hall–Kier alpha value is -0.430. The maximum Gasteiger partial charge on any atom is 0.250 e. The van der Waals surface area contributed by atoms with E-state index in [9.17, 15) is 8.42 Å². The van der Waals surface area contributed by atoms with Gasteiger partial charge in [0.1, 0.15) is 4.21 Å². The summed E-state index contributed by atoms with van der Waals surface area (Å²) in [6.07, 6.45) is 3.48. The van der Waals surface area contributed by atoms with Crippen molar-refractivity contribution in [3.8, 4) is 0 Å². The Morgan fingerprint density at radius 1 is 1.39 bits per heavy atom. The molecule has 1 aliphatic carbocycles. The fourth-order valence-electron chi connectivity index (χ4n) is 1.72. The molecule has 4 nitrogen and oxygen atoms in total. The molecule has 102 valence electrons. The van der Waals surface area contributed by atoms with E-state index in [4.69, 9.17) is 0 Å². The van der Waals surface area contributed by atoms with Crippen LogP contribution < -0.4 is 10.0 Å². The van der Waals surface area contributed by atoms with Crippen LogP contribution in [0.5, 0.6) is 0 Å². The number of rotatable bonds is 8. The van der Waals surface area contributed by atoms with Crippen LogP contribution in [0.4, 0.5) is 0 Å². The van der Waals surface area contributed by atoms with Crippen LogP contribution in [0.3, 0.4) is 0 Å². The lowest BCUT2D eigenvalue weighted by Crippen LogP contribution is -2.24. The van der Waals surface area contributed by atoms with Gasteiger partial charge in [-0.3, -0.25) is 0 Å². The third kappa shape index (κ3) is 4.05. The lowest BCUT2D eigenvalue weighted by atomic mass is 10.3. The Morgan fingerprint density at radius 2 is 2.17 bits per heavy atom. The molecule has 1 aliphatic rings. The zero-order valence-electron chi connectivity index (χ0n) is 10.6. The van der Waals surface area contributed by atoms with Gasteiger partial charge in [0.2, 0.25) is 10.0 Å². The molecule has 0 aromatic carbocycles. The molecule has 0 radical (unpaired) electrons. The molecule has 0 atom stereocenters. The summed E-state index contributed by atoms with van der Waals surface area (Å²) >= 11 is 1.34. The average molecular weight is 288 g/mol. The largest absolute Gasteiger partial charge is 0.312 e. The van der Waals surface area contributed by atoms with Gasteiger partial charge in [0, 0.05) is 18.0 Å². The van der Waals surface area contributed by atoms with Crippen molar-refractivity contribution in [2.24, 2.45) is 5.92 Å². The molecule has 1 aromatic heterocycles. The minimum atomic E-state index is -3.29. The first kappa shape index (κ1) is 14.0. The first-order valence-electron chi connectivity index (χ1n) is 6.41. The Morgan fingerprint density at radius 3 is 2.83 bits per heavy atom. The molecular formula is C12H20N2O2S2. The molecule has 2 N–H and O–H groups in total. The summed E-state index contributed by atoms with van der Waals surface area (Å²) in [5.41, 5.74) is 0. The average Bonchev–Trinajstić information content (AvgIpc) is 3.02. The van der Waals surface area contributed by atoms with Crippen molar-refractivity contribution >= 4 is 21.4 Å². The first-order valence-corrected chi connectivity index (χ1v) is 8.71. The highest BCUT2D eigenvalue weighted by atomic mass is 32.2. The normalized spacial score (nSPS) is 16.1. The number of hydrogen-bond acceptors (Lipinski definition) is 4. The minimum Gasteiger partial charge on any atom is -0.312 e. The molecule has 1 heterocycles. The molecule has 0 unspecified atom stereocenters. The van der Waals surface area contributed by atoms with E-state index in [0.29, 0.717) is 10.8 Å². The topological polar surface area (TPSA) is 58.2 Å². The maximum absolute atomic E-state index is 12.0. The molecule has 2 rings (SSSR count). The van der Waals surface area contributed by atoms with Crippen molar-refractivity contribution in [2.75, 3.05) is 13.1 Å². The second kappa shape index (κ2) is 6.14. The highest BCUT2D eigenvalue weighted by Crippen LogP contribution is 2.32. The number of nitrogens with one attached hydrogen (secondary N) is 2. The summed E-state index contributed by atoms with van der Waals surface area (Å²) in [4.78, 5) is 1.06. The SMILES string of the molecule is CCNCc1ccc(S(=O)(=O)NCCC2CC2)s1. The molecule has 1 saturated carbocycles. The minimum absolute atomic E-state index is 0.422. The molecule has 1 aromatic rings. The van der Waals surface area contributed by atoms with Crippen LogP contribution in [-0.2, 0) is 16.6 Å². The Labute approximate surface area is 113 Å². The van der Waals surface area contributed by atoms with Crippen molar-refractivity contribution in [1.82, 2.24) is 10.0 Å². The van der Waals surface area contributed by atoms with Crippen LogP contribution in [0.2, 0.25) is 0 Å². The van der Waals surface area contributed by atoms with Gasteiger partial charge in [-0.1, -0.05) is 19.8 Å². The quantitative estimate of drug-likeness (QED) is 0.768. The Kier molecular flexibility index (Phi) is 4.77. The van der Waals surface area contributed by atoms with Crippen molar-refractivity contribution < 1.29 is 8.42 Å². The fraction of sp³-hybridized carbons (Fsp3) is 0.667. The molecule has 0 bridgehead atoms. The van der Waals surface area contributed by atoms with Crippen LogP contribution in [0.25, 0.3) is 0 Å². The highest BCUT2D eigenvalue weighted by Gasteiger charge is 2.22. The van der Waals surface area contributed by atoms with Crippen LogP contribution in [0.15, 0.2) is 16.3 Å². The summed E-state index contributed by atoms with van der Waals surface area (Å²) in [6.45, 7) is 4.22. The summed E-state index contributed by atoms with van der Waals surface area (Å²) in [6, 6.07) is 3.57. The van der Waals surface area contributed by atoms with Gasteiger partial charge in [-0.05, 0) is 31.0 Å². The summed E-state index contributed by atoms with van der Waals surface area (Å²) in [7, 11) is -3.29. The molecule has 0 spiro atoms. The smallest absolute Gasteiger partial charge is 0.250 e. The van der Waals surface area contributed by atoms with E-state index in [1.165, 1.54) is 24.2 Å². The van der Waals surface area contributed by atoms with Crippen LogP contribution >= 0.6 is 11.3 Å². The summed E-state index contributed by atoms with van der Waals surface area (Å²) in [5, 5.41) is 3.19. The van der Waals surface area contributed by atoms with Crippen LogP contribution in [0.1, 0.15) is 31.1 Å². The van der Waals surface area contributed by atoms with E-state index in [2.05, 4.69) is 10.0 Å². The van der Waals surface area contributed by atoms with Crippen molar-refractivity contribution in [3.63, 3.8) is 0 Å². The van der Waals surface area contributed by atoms with Gasteiger partial charge in [-0.15, -0.1) is 11.3 Å². The zero-order chi connectivity index (χ0) is 13.0. The third-order valence-corrected chi connectivity index (χ3v) is 6.03. The number of sulfonamides is 1. The summed E-state index contributed by atoms with van der Waals surface area (Å²) in [5.74, 6) is 0.750. The van der Waals surface area contributed by atoms with E-state index in [-0.39, 0.29) is 0 Å². The van der Waals surface area contributed by atoms with Gasteiger partial charge in [0.25, 0.3) is 0 Å². The molecular weight excluding hydrogens is 268 g/mol. The predicted octanol–water partition coefficient (Wildman–Crippen LogP) is 1.94.